The van der Waals surface area contributed by atoms with E-state index < -0.39 is 17.9 Å². The number of aryl methyl sites for hydroxylation is 1. The fourth-order valence-corrected chi connectivity index (χ4v) is 4.68. The van der Waals surface area contributed by atoms with Gasteiger partial charge in [-0.25, -0.2) is 0 Å². The molecule has 0 spiro atoms. The van der Waals surface area contributed by atoms with Crippen LogP contribution >= 0.6 is 0 Å². The highest BCUT2D eigenvalue weighted by Crippen LogP contribution is 2.27. The minimum atomic E-state index is -1.01. The number of nitriles is 1. The van der Waals surface area contributed by atoms with Gasteiger partial charge in [0, 0.05) is 37.3 Å². The first-order valence-electron chi connectivity index (χ1n) is 12.8. The molecule has 1 fully saturated rings. The van der Waals surface area contributed by atoms with Gasteiger partial charge in [-0.15, -0.1) is 0 Å². The van der Waals surface area contributed by atoms with E-state index in [1.165, 1.54) is 0 Å². The number of rotatable bonds is 7. The number of carbonyl (C=O) groups is 3. The van der Waals surface area contributed by atoms with Crippen LogP contribution in [-0.2, 0) is 4.79 Å². The average molecular weight is 526 g/mol. The summed E-state index contributed by atoms with van der Waals surface area (Å²) in [6, 6.07) is 20.5. The molecule has 0 radical (unpaired) electrons. The van der Waals surface area contributed by atoms with Gasteiger partial charge >= 0.3 is 5.97 Å². The van der Waals surface area contributed by atoms with Crippen molar-refractivity contribution in [2.24, 2.45) is 0 Å². The Labute approximate surface area is 227 Å². The van der Waals surface area contributed by atoms with Crippen LogP contribution in [-0.4, -0.2) is 54.0 Å². The minimum Gasteiger partial charge on any atom is -0.481 e. The Hall–Kier alpha value is -4.84. The number of nitrogens with two attached hydrogens (primary N) is 1. The fraction of sp³-hybridized carbons (Fsp3) is 0.267. The highest BCUT2D eigenvalue weighted by Gasteiger charge is 2.23. The van der Waals surface area contributed by atoms with Crippen LogP contribution in [0, 0.1) is 18.3 Å². The summed E-state index contributed by atoms with van der Waals surface area (Å²) in [7, 11) is 0. The maximum atomic E-state index is 13.0. The first kappa shape index (κ1) is 27.2. The topological polar surface area (TPSA) is 140 Å². The molecule has 1 aliphatic heterocycles. The van der Waals surface area contributed by atoms with Crippen LogP contribution in [0.4, 0.5) is 11.4 Å². The first-order valence-corrected chi connectivity index (χ1v) is 12.8. The zero-order valence-corrected chi connectivity index (χ0v) is 21.8. The van der Waals surface area contributed by atoms with E-state index >= 15 is 0 Å². The monoisotopic (exact) mass is 525 g/mol. The van der Waals surface area contributed by atoms with E-state index in [0.29, 0.717) is 54.1 Å². The van der Waals surface area contributed by atoms with Crippen molar-refractivity contribution in [1.29, 1.82) is 5.26 Å². The summed E-state index contributed by atoms with van der Waals surface area (Å²) in [6.45, 7) is 4.31. The molecular weight excluding hydrogens is 494 g/mol. The molecule has 0 saturated carbocycles. The number of carboxylic acids is 1. The fourth-order valence-electron chi connectivity index (χ4n) is 4.68. The quantitative estimate of drug-likeness (QED) is 0.399. The Kier molecular flexibility index (Phi) is 8.46. The smallest absolute Gasteiger partial charge is 0.305 e. The lowest BCUT2D eigenvalue weighted by molar-refractivity contribution is -0.137. The molecule has 1 saturated heterocycles. The number of carboxylic acid groups (broad SMARTS) is 1. The lowest BCUT2D eigenvalue weighted by Crippen LogP contribution is -2.35. The second-order valence-corrected chi connectivity index (χ2v) is 9.63. The molecule has 0 bridgehead atoms. The standard InChI is InChI=1S/C30H31N5O4/c1-20-3-7-22(8-4-20)26(18-28(36)37)33-29(38)24-11-12-27(25(32)17-24)34-13-2-14-35(16-15-34)30(39)23-9-5-21(19-31)6-10-23/h3-12,17,26H,2,13-16,18,32H2,1H3,(H,33,38)(H,36,37). The molecule has 4 N–H and O–H groups in total. The Balaban J connectivity index is 1.43. The molecule has 0 aliphatic carbocycles. The lowest BCUT2D eigenvalue weighted by atomic mass is 10.0. The van der Waals surface area contributed by atoms with Gasteiger partial charge in [0.1, 0.15) is 0 Å². The van der Waals surface area contributed by atoms with Crippen LogP contribution in [0.15, 0.2) is 66.7 Å². The zero-order chi connectivity index (χ0) is 27.9. The van der Waals surface area contributed by atoms with Gasteiger partial charge in [-0.3, -0.25) is 14.4 Å². The molecule has 200 valence electrons. The summed E-state index contributed by atoms with van der Waals surface area (Å²) < 4.78 is 0. The largest absolute Gasteiger partial charge is 0.481 e. The molecule has 39 heavy (non-hydrogen) atoms. The number of nitrogen functional groups attached to an aromatic ring is 1. The molecule has 9 nitrogen and oxygen atoms in total. The Bertz CT molecular complexity index is 1400. The molecule has 2 amide bonds. The van der Waals surface area contributed by atoms with Crippen molar-refractivity contribution in [3.05, 3.63) is 94.5 Å². The molecule has 1 aliphatic rings. The van der Waals surface area contributed by atoms with Gasteiger partial charge in [0.25, 0.3) is 11.8 Å². The van der Waals surface area contributed by atoms with E-state index in [2.05, 4.69) is 16.3 Å². The molecule has 0 aromatic heterocycles. The maximum Gasteiger partial charge on any atom is 0.305 e. The molecule has 1 unspecified atom stereocenters. The number of amides is 2. The molecular formula is C30H31N5O4. The summed E-state index contributed by atoms with van der Waals surface area (Å²) in [5, 5.41) is 21.2. The molecule has 3 aromatic carbocycles. The number of nitrogens with zero attached hydrogens (tertiary/aromatic N) is 3. The number of hydrogen-bond acceptors (Lipinski definition) is 6. The van der Waals surface area contributed by atoms with Crippen LogP contribution in [0.3, 0.4) is 0 Å². The van der Waals surface area contributed by atoms with Gasteiger partial charge < -0.3 is 26.0 Å². The van der Waals surface area contributed by atoms with Gasteiger partial charge in [-0.2, -0.15) is 5.26 Å². The normalized spacial score (nSPS) is 14.2. The molecule has 3 aromatic rings. The van der Waals surface area contributed by atoms with Crippen LogP contribution < -0.4 is 16.0 Å². The maximum absolute atomic E-state index is 13.0. The number of hydrogen-bond donors (Lipinski definition) is 3. The second-order valence-electron chi connectivity index (χ2n) is 9.63. The van der Waals surface area contributed by atoms with E-state index in [1.807, 2.05) is 31.2 Å². The van der Waals surface area contributed by atoms with Gasteiger partial charge in [0.15, 0.2) is 0 Å². The van der Waals surface area contributed by atoms with Crippen LogP contribution in [0.2, 0.25) is 0 Å². The SMILES string of the molecule is Cc1ccc(C(CC(=O)O)NC(=O)c2ccc(N3CCCN(C(=O)c4ccc(C#N)cc4)CC3)c(N)c2)cc1. The van der Waals surface area contributed by atoms with Crippen molar-refractivity contribution < 1.29 is 19.5 Å². The summed E-state index contributed by atoms with van der Waals surface area (Å²) in [5.41, 5.74) is 10.7. The van der Waals surface area contributed by atoms with Crippen molar-refractivity contribution in [2.45, 2.75) is 25.8 Å². The second kappa shape index (κ2) is 12.1. The highest BCUT2D eigenvalue weighted by atomic mass is 16.4. The number of anilines is 2. The van der Waals surface area contributed by atoms with Crippen LogP contribution in [0.5, 0.6) is 0 Å². The first-order chi connectivity index (χ1) is 18.7. The van der Waals surface area contributed by atoms with E-state index in [4.69, 9.17) is 11.0 Å². The number of aliphatic carboxylic acids is 1. The van der Waals surface area contributed by atoms with Crippen LogP contribution in [0.25, 0.3) is 0 Å². The van der Waals surface area contributed by atoms with E-state index in [-0.39, 0.29) is 12.3 Å². The Morgan fingerprint density at radius 3 is 2.31 bits per heavy atom. The third-order valence-corrected chi connectivity index (χ3v) is 6.84. The number of carbonyl (C=O) groups excluding carboxylic acids is 2. The van der Waals surface area contributed by atoms with Crippen molar-refractivity contribution in [2.75, 3.05) is 36.8 Å². The number of nitrogens with one attached hydrogen (secondary N) is 1. The molecule has 4 rings (SSSR count). The predicted octanol–water partition coefficient (Wildman–Crippen LogP) is 3.75. The summed E-state index contributed by atoms with van der Waals surface area (Å²) in [4.78, 5) is 41.3. The van der Waals surface area contributed by atoms with Crippen molar-refractivity contribution in [1.82, 2.24) is 10.2 Å². The minimum absolute atomic E-state index is 0.0779. The number of benzene rings is 3. The van der Waals surface area contributed by atoms with E-state index in [0.717, 1.165) is 17.7 Å². The van der Waals surface area contributed by atoms with Gasteiger partial charge in [-0.1, -0.05) is 29.8 Å². The summed E-state index contributed by atoms with van der Waals surface area (Å²) in [5.74, 6) is -1.50. The molecule has 1 atom stereocenters. The van der Waals surface area contributed by atoms with Gasteiger partial charge in [-0.05, 0) is 61.4 Å². The lowest BCUT2D eigenvalue weighted by Gasteiger charge is -2.25. The van der Waals surface area contributed by atoms with Crippen molar-refractivity contribution in [3.63, 3.8) is 0 Å². The van der Waals surface area contributed by atoms with Crippen LogP contribution in [0.1, 0.15) is 56.3 Å². The summed E-state index contributed by atoms with van der Waals surface area (Å²) in [6.07, 6.45) is 0.505. The predicted molar refractivity (Wildman–Crippen MR) is 148 cm³/mol. The Morgan fingerprint density at radius 1 is 0.974 bits per heavy atom. The van der Waals surface area contributed by atoms with Gasteiger partial charge in [0.05, 0.1) is 35.5 Å². The third-order valence-electron chi connectivity index (χ3n) is 6.84. The average Bonchev–Trinajstić information content (AvgIpc) is 3.18. The highest BCUT2D eigenvalue weighted by molar-refractivity contribution is 5.97. The molecule has 9 heteroatoms. The van der Waals surface area contributed by atoms with E-state index in [9.17, 15) is 19.5 Å². The third kappa shape index (κ3) is 6.73. The van der Waals surface area contributed by atoms with E-state index in [1.54, 1.807) is 47.4 Å². The zero-order valence-electron chi connectivity index (χ0n) is 21.8. The van der Waals surface area contributed by atoms with Crippen molar-refractivity contribution in [3.8, 4) is 6.07 Å². The Morgan fingerprint density at radius 2 is 1.67 bits per heavy atom. The molecule has 1 heterocycles. The summed E-state index contributed by atoms with van der Waals surface area (Å²) >= 11 is 0. The van der Waals surface area contributed by atoms with Gasteiger partial charge in [0.2, 0.25) is 0 Å². The van der Waals surface area contributed by atoms with Crippen molar-refractivity contribution >= 4 is 29.2 Å².